The van der Waals surface area contributed by atoms with Gasteiger partial charge in [-0.05, 0) is 43.3 Å². The molecule has 2 aromatic rings. The second kappa shape index (κ2) is 6.07. The van der Waals surface area contributed by atoms with E-state index in [1.807, 2.05) is 17.6 Å². The van der Waals surface area contributed by atoms with Crippen LogP contribution in [-0.4, -0.2) is 17.5 Å². The highest BCUT2D eigenvalue weighted by atomic mass is 16.5. The Bertz CT molecular complexity index is 648. The molecule has 0 N–H and O–H groups in total. The zero-order valence-corrected chi connectivity index (χ0v) is 11.6. The van der Waals surface area contributed by atoms with Gasteiger partial charge in [-0.2, -0.15) is 5.26 Å². The molecule has 1 heterocycles. The lowest BCUT2D eigenvalue weighted by Crippen LogP contribution is -2.11. The van der Waals surface area contributed by atoms with Crippen molar-refractivity contribution >= 4 is 5.78 Å². The highest BCUT2D eigenvalue weighted by molar-refractivity contribution is 6.08. The fraction of sp³-hybridized carbons (Fsp3) is 0.250. The number of rotatable bonds is 5. The van der Waals surface area contributed by atoms with Gasteiger partial charge in [0, 0.05) is 17.8 Å². The van der Waals surface area contributed by atoms with Crippen molar-refractivity contribution in [2.75, 3.05) is 7.11 Å². The minimum Gasteiger partial charge on any atom is -0.497 e. The number of aromatic nitrogens is 1. The average molecular weight is 268 g/mol. The van der Waals surface area contributed by atoms with Crippen LogP contribution in [-0.2, 0) is 13.0 Å². The van der Waals surface area contributed by atoms with Gasteiger partial charge >= 0.3 is 0 Å². The number of nitriles is 1. The van der Waals surface area contributed by atoms with Crippen LogP contribution in [0.1, 0.15) is 28.7 Å². The van der Waals surface area contributed by atoms with E-state index in [9.17, 15) is 4.79 Å². The van der Waals surface area contributed by atoms with E-state index >= 15 is 0 Å². The fourth-order valence-corrected chi connectivity index (χ4v) is 2.21. The van der Waals surface area contributed by atoms with Gasteiger partial charge in [0.05, 0.1) is 25.3 Å². The smallest absolute Gasteiger partial charge is 0.209 e. The maximum atomic E-state index is 12.5. The molecular formula is C16H16N2O2. The van der Waals surface area contributed by atoms with Crippen LogP contribution in [0.5, 0.6) is 5.75 Å². The normalized spacial score (nSPS) is 10.1. The fourth-order valence-electron chi connectivity index (χ4n) is 2.21. The van der Waals surface area contributed by atoms with E-state index in [0.717, 1.165) is 11.4 Å². The van der Waals surface area contributed by atoms with Gasteiger partial charge in [-0.3, -0.25) is 4.79 Å². The maximum absolute atomic E-state index is 12.5. The molecule has 0 fully saturated rings. The van der Waals surface area contributed by atoms with Crippen molar-refractivity contribution in [3.05, 3.63) is 53.3 Å². The zero-order valence-electron chi connectivity index (χ0n) is 11.6. The molecule has 0 amide bonds. The number of benzene rings is 1. The third kappa shape index (κ3) is 2.57. The quantitative estimate of drug-likeness (QED) is 0.783. The van der Waals surface area contributed by atoms with Gasteiger partial charge in [0.15, 0.2) is 0 Å². The first-order chi connectivity index (χ1) is 9.71. The Morgan fingerprint density at radius 1 is 1.25 bits per heavy atom. The SMILES string of the molecule is CCn1c(CC#N)ccc1C(=O)c1ccc(OC)cc1. The number of hydrogen-bond donors (Lipinski definition) is 0. The second-order valence-corrected chi connectivity index (χ2v) is 4.35. The predicted molar refractivity (Wildman–Crippen MR) is 75.8 cm³/mol. The lowest BCUT2D eigenvalue weighted by molar-refractivity contribution is 0.103. The molecule has 0 saturated heterocycles. The number of carbonyl (C=O) groups is 1. The zero-order chi connectivity index (χ0) is 14.5. The number of hydrogen-bond acceptors (Lipinski definition) is 3. The summed E-state index contributed by atoms with van der Waals surface area (Å²) in [6.45, 7) is 2.63. The predicted octanol–water partition coefficient (Wildman–Crippen LogP) is 2.81. The van der Waals surface area contributed by atoms with Crippen molar-refractivity contribution in [2.24, 2.45) is 0 Å². The molecule has 20 heavy (non-hydrogen) atoms. The summed E-state index contributed by atoms with van der Waals surface area (Å²) in [4.78, 5) is 12.5. The molecule has 0 radical (unpaired) electrons. The summed E-state index contributed by atoms with van der Waals surface area (Å²) in [5.41, 5.74) is 2.09. The van der Waals surface area contributed by atoms with E-state index in [1.54, 1.807) is 37.4 Å². The molecule has 4 nitrogen and oxygen atoms in total. The first-order valence-corrected chi connectivity index (χ1v) is 6.45. The minimum atomic E-state index is -0.0429. The van der Waals surface area contributed by atoms with Crippen molar-refractivity contribution in [3.63, 3.8) is 0 Å². The van der Waals surface area contributed by atoms with Gasteiger partial charge in [0.2, 0.25) is 5.78 Å². The number of nitrogens with zero attached hydrogens (tertiary/aromatic N) is 2. The first-order valence-electron chi connectivity index (χ1n) is 6.45. The minimum absolute atomic E-state index is 0.0429. The highest BCUT2D eigenvalue weighted by Gasteiger charge is 2.15. The summed E-state index contributed by atoms with van der Waals surface area (Å²) in [6, 6.07) is 12.8. The van der Waals surface area contributed by atoms with E-state index in [4.69, 9.17) is 10.00 Å². The second-order valence-electron chi connectivity index (χ2n) is 4.35. The van der Waals surface area contributed by atoms with Crippen molar-refractivity contribution in [1.29, 1.82) is 5.26 Å². The van der Waals surface area contributed by atoms with E-state index in [1.165, 1.54) is 0 Å². The molecule has 0 bridgehead atoms. The topological polar surface area (TPSA) is 55.0 Å². The molecular weight excluding hydrogens is 252 g/mol. The van der Waals surface area contributed by atoms with Crippen molar-refractivity contribution < 1.29 is 9.53 Å². The molecule has 0 spiro atoms. The molecule has 0 unspecified atom stereocenters. The summed E-state index contributed by atoms with van der Waals surface area (Å²) in [5.74, 6) is 0.677. The van der Waals surface area contributed by atoms with Gasteiger partial charge in [-0.15, -0.1) is 0 Å². The number of ether oxygens (including phenoxy) is 1. The molecule has 1 aromatic carbocycles. The third-order valence-corrected chi connectivity index (χ3v) is 3.23. The lowest BCUT2D eigenvalue weighted by Gasteiger charge is -2.09. The van der Waals surface area contributed by atoms with Gasteiger partial charge in [-0.1, -0.05) is 0 Å². The Hall–Kier alpha value is -2.54. The molecule has 0 aliphatic heterocycles. The summed E-state index contributed by atoms with van der Waals surface area (Å²) in [5, 5.41) is 8.80. The Morgan fingerprint density at radius 2 is 1.95 bits per heavy atom. The summed E-state index contributed by atoms with van der Waals surface area (Å²) < 4.78 is 6.97. The molecule has 2 rings (SSSR count). The molecule has 1 aromatic heterocycles. The molecule has 102 valence electrons. The van der Waals surface area contributed by atoms with E-state index in [2.05, 4.69) is 6.07 Å². The molecule has 0 aliphatic rings. The molecule has 0 atom stereocenters. The van der Waals surface area contributed by atoms with Gasteiger partial charge in [-0.25, -0.2) is 0 Å². The van der Waals surface area contributed by atoms with Crippen LogP contribution in [0.2, 0.25) is 0 Å². The maximum Gasteiger partial charge on any atom is 0.209 e. The van der Waals surface area contributed by atoms with Crippen LogP contribution in [0, 0.1) is 11.3 Å². The number of methoxy groups -OCH3 is 1. The molecule has 0 saturated carbocycles. The van der Waals surface area contributed by atoms with Gasteiger partial charge in [0.1, 0.15) is 5.75 Å². The average Bonchev–Trinajstić information content (AvgIpc) is 2.89. The van der Waals surface area contributed by atoms with Crippen LogP contribution in [0.4, 0.5) is 0 Å². The van der Waals surface area contributed by atoms with Crippen molar-refractivity contribution in [3.8, 4) is 11.8 Å². The lowest BCUT2D eigenvalue weighted by atomic mass is 10.1. The van der Waals surface area contributed by atoms with Crippen LogP contribution < -0.4 is 4.74 Å². The summed E-state index contributed by atoms with van der Waals surface area (Å²) >= 11 is 0. The summed E-state index contributed by atoms with van der Waals surface area (Å²) in [6.07, 6.45) is 0.309. The van der Waals surface area contributed by atoms with Gasteiger partial charge in [0.25, 0.3) is 0 Å². The highest BCUT2D eigenvalue weighted by Crippen LogP contribution is 2.17. The van der Waals surface area contributed by atoms with Crippen LogP contribution >= 0.6 is 0 Å². The van der Waals surface area contributed by atoms with E-state index in [-0.39, 0.29) is 5.78 Å². The monoisotopic (exact) mass is 268 g/mol. The van der Waals surface area contributed by atoms with Gasteiger partial charge < -0.3 is 9.30 Å². The van der Waals surface area contributed by atoms with Crippen molar-refractivity contribution in [2.45, 2.75) is 19.9 Å². The first kappa shape index (κ1) is 13.9. The Labute approximate surface area is 118 Å². The van der Waals surface area contributed by atoms with E-state index < -0.39 is 0 Å². The molecule has 0 aliphatic carbocycles. The summed E-state index contributed by atoms with van der Waals surface area (Å²) in [7, 11) is 1.59. The Kier molecular flexibility index (Phi) is 4.21. The van der Waals surface area contributed by atoms with E-state index in [0.29, 0.717) is 24.2 Å². The molecule has 4 heteroatoms. The number of carbonyl (C=O) groups excluding carboxylic acids is 1. The van der Waals surface area contributed by atoms with Crippen LogP contribution in [0.15, 0.2) is 36.4 Å². The third-order valence-electron chi connectivity index (χ3n) is 3.23. The largest absolute Gasteiger partial charge is 0.497 e. The van der Waals surface area contributed by atoms with Crippen molar-refractivity contribution in [1.82, 2.24) is 4.57 Å². The Morgan fingerprint density at radius 3 is 2.50 bits per heavy atom. The Balaban J connectivity index is 2.35. The number of ketones is 1. The standard InChI is InChI=1S/C16H16N2O2/c1-3-18-13(10-11-17)6-9-15(18)16(19)12-4-7-14(20-2)8-5-12/h4-9H,3,10H2,1-2H3. The van der Waals surface area contributed by atoms with Crippen LogP contribution in [0.25, 0.3) is 0 Å². The van der Waals surface area contributed by atoms with Crippen LogP contribution in [0.3, 0.4) is 0 Å².